The Labute approximate surface area is 163 Å². The first-order valence-electron chi connectivity index (χ1n) is 8.99. The zero-order chi connectivity index (χ0) is 19.8. The Balaban J connectivity index is 1.80. The highest BCUT2D eigenvalue weighted by Crippen LogP contribution is 2.39. The molecule has 2 aliphatic heterocycles. The van der Waals surface area contributed by atoms with E-state index in [4.69, 9.17) is 16.3 Å². The number of piperidine rings is 1. The second kappa shape index (κ2) is 7.03. The van der Waals surface area contributed by atoms with E-state index in [9.17, 15) is 14.4 Å². The summed E-state index contributed by atoms with van der Waals surface area (Å²) >= 11 is 5.98. The number of halogens is 1. The molecule has 8 heteroatoms. The predicted octanol–water partition coefficient (Wildman–Crippen LogP) is 3.02. The Morgan fingerprint density at radius 2 is 1.78 bits per heavy atom. The number of rotatable bonds is 2. The minimum absolute atomic E-state index is 0.149. The number of urea groups is 1. The summed E-state index contributed by atoms with van der Waals surface area (Å²) in [4.78, 5) is 38.6. The van der Waals surface area contributed by atoms with Crippen LogP contribution in [0.25, 0.3) is 0 Å². The lowest BCUT2D eigenvalue weighted by Crippen LogP contribution is -2.54. The van der Waals surface area contributed by atoms with Gasteiger partial charge in [-0.1, -0.05) is 23.7 Å². The van der Waals surface area contributed by atoms with Crippen LogP contribution in [0.5, 0.6) is 0 Å². The molecule has 4 amide bonds. The van der Waals surface area contributed by atoms with E-state index in [1.807, 2.05) is 20.8 Å². The predicted molar refractivity (Wildman–Crippen MR) is 100 cm³/mol. The average Bonchev–Trinajstić information content (AvgIpc) is 2.89. The molecule has 0 spiro atoms. The van der Waals surface area contributed by atoms with Gasteiger partial charge in [0.1, 0.15) is 11.1 Å². The summed E-state index contributed by atoms with van der Waals surface area (Å²) in [7, 11) is 0. The molecule has 3 rings (SSSR count). The van der Waals surface area contributed by atoms with Crippen LogP contribution >= 0.6 is 11.6 Å². The van der Waals surface area contributed by atoms with Gasteiger partial charge in [0.15, 0.2) is 0 Å². The largest absolute Gasteiger partial charge is 0.444 e. The summed E-state index contributed by atoms with van der Waals surface area (Å²) in [6, 6.07) is 6.41. The molecule has 0 radical (unpaired) electrons. The van der Waals surface area contributed by atoms with Crippen LogP contribution in [0.15, 0.2) is 24.3 Å². The molecular weight excluding hydrogens is 370 g/mol. The van der Waals surface area contributed by atoms with Crippen molar-refractivity contribution in [2.24, 2.45) is 5.92 Å². The van der Waals surface area contributed by atoms with E-state index in [0.29, 0.717) is 36.5 Å². The summed E-state index contributed by atoms with van der Waals surface area (Å²) < 4.78 is 5.42. The fraction of sp³-hybridized carbons (Fsp3) is 0.526. The van der Waals surface area contributed by atoms with Crippen molar-refractivity contribution in [1.82, 2.24) is 15.5 Å². The monoisotopic (exact) mass is 393 g/mol. The van der Waals surface area contributed by atoms with Crippen LogP contribution in [-0.2, 0) is 15.1 Å². The number of hydrogen-bond donors (Lipinski definition) is 2. The van der Waals surface area contributed by atoms with E-state index in [-0.39, 0.29) is 17.9 Å². The molecule has 27 heavy (non-hydrogen) atoms. The molecule has 1 unspecified atom stereocenters. The maximum Gasteiger partial charge on any atom is 0.410 e. The summed E-state index contributed by atoms with van der Waals surface area (Å²) in [6.45, 7) is 6.39. The average molecular weight is 394 g/mol. The van der Waals surface area contributed by atoms with Crippen LogP contribution in [0.4, 0.5) is 9.59 Å². The number of amides is 4. The molecule has 1 aromatic rings. The Bertz CT molecular complexity index is 751. The number of carbonyl (C=O) groups excluding carboxylic acids is 3. The number of hydrogen-bond acceptors (Lipinski definition) is 4. The van der Waals surface area contributed by atoms with Gasteiger partial charge in [0.2, 0.25) is 0 Å². The van der Waals surface area contributed by atoms with Crippen molar-refractivity contribution >= 4 is 29.6 Å². The van der Waals surface area contributed by atoms with Crippen LogP contribution in [0.3, 0.4) is 0 Å². The SMILES string of the molecule is CC(C)(C)OC(=O)N1CCC(C2(c3ccc(Cl)cc3)NC(=O)NC2=O)CC1. The molecule has 2 saturated heterocycles. The molecule has 0 saturated carbocycles. The topological polar surface area (TPSA) is 87.7 Å². The van der Waals surface area contributed by atoms with Crippen molar-refractivity contribution in [2.45, 2.75) is 44.8 Å². The van der Waals surface area contributed by atoms with Crippen molar-refractivity contribution < 1.29 is 19.1 Å². The fourth-order valence-corrected chi connectivity index (χ4v) is 3.86. The lowest BCUT2D eigenvalue weighted by molar-refractivity contribution is -0.127. The van der Waals surface area contributed by atoms with Crippen LogP contribution in [0.1, 0.15) is 39.2 Å². The van der Waals surface area contributed by atoms with Crippen LogP contribution in [0.2, 0.25) is 5.02 Å². The van der Waals surface area contributed by atoms with Gasteiger partial charge in [-0.25, -0.2) is 9.59 Å². The Morgan fingerprint density at radius 1 is 1.19 bits per heavy atom. The first-order chi connectivity index (χ1) is 12.6. The van der Waals surface area contributed by atoms with Crippen molar-refractivity contribution in [2.75, 3.05) is 13.1 Å². The molecule has 2 N–H and O–H groups in total. The number of ether oxygens (including phenoxy) is 1. The van der Waals surface area contributed by atoms with E-state index >= 15 is 0 Å². The summed E-state index contributed by atoms with van der Waals surface area (Å²) in [6.07, 6.45) is 0.770. The lowest BCUT2D eigenvalue weighted by atomic mass is 9.73. The van der Waals surface area contributed by atoms with Crippen molar-refractivity contribution in [1.29, 1.82) is 0 Å². The van der Waals surface area contributed by atoms with Gasteiger partial charge in [-0.2, -0.15) is 0 Å². The van der Waals surface area contributed by atoms with E-state index in [1.165, 1.54) is 0 Å². The van der Waals surface area contributed by atoms with Crippen LogP contribution in [-0.4, -0.2) is 41.6 Å². The van der Waals surface area contributed by atoms with E-state index in [1.54, 1.807) is 29.2 Å². The zero-order valence-electron chi connectivity index (χ0n) is 15.7. The van der Waals surface area contributed by atoms with Gasteiger partial charge in [-0.3, -0.25) is 10.1 Å². The van der Waals surface area contributed by atoms with Gasteiger partial charge in [-0.15, -0.1) is 0 Å². The van der Waals surface area contributed by atoms with Gasteiger partial charge in [0, 0.05) is 18.1 Å². The molecule has 2 fully saturated rings. The fourth-order valence-electron chi connectivity index (χ4n) is 3.73. The molecule has 2 heterocycles. The van der Waals surface area contributed by atoms with Crippen LogP contribution in [0, 0.1) is 5.92 Å². The summed E-state index contributed by atoms with van der Waals surface area (Å²) in [5.41, 5.74) is -1.02. The Kier molecular flexibility index (Phi) is 5.08. The van der Waals surface area contributed by atoms with E-state index in [2.05, 4.69) is 10.6 Å². The summed E-state index contributed by atoms with van der Waals surface area (Å²) in [5, 5.41) is 5.74. The minimum Gasteiger partial charge on any atom is -0.444 e. The molecular formula is C19H24ClN3O4. The highest BCUT2D eigenvalue weighted by Gasteiger charge is 2.53. The van der Waals surface area contributed by atoms with Gasteiger partial charge in [0.25, 0.3) is 5.91 Å². The van der Waals surface area contributed by atoms with Gasteiger partial charge in [-0.05, 0) is 57.2 Å². The zero-order valence-corrected chi connectivity index (χ0v) is 16.4. The quantitative estimate of drug-likeness (QED) is 0.756. The smallest absolute Gasteiger partial charge is 0.410 e. The van der Waals surface area contributed by atoms with Crippen LogP contribution < -0.4 is 10.6 Å². The summed E-state index contributed by atoms with van der Waals surface area (Å²) in [5.74, 6) is -0.519. The Morgan fingerprint density at radius 3 is 2.26 bits per heavy atom. The third-order valence-corrected chi connectivity index (χ3v) is 5.21. The first-order valence-corrected chi connectivity index (χ1v) is 9.37. The van der Waals surface area contributed by atoms with Crippen molar-refractivity contribution in [3.05, 3.63) is 34.9 Å². The molecule has 2 aliphatic rings. The Hall–Kier alpha value is -2.28. The van der Waals surface area contributed by atoms with Crippen molar-refractivity contribution in [3.63, 3.8) is 0 Å². The standard InChI is InChI=1S/C19H24ClN3O4/c1-18(2,3)27-17(26)23-10-8-13(9-11-23)19(15(24)21-16(25)22-19)12-4-6-14(20)7-5-12/h4-7,13H,8-11H2,1-3H3,(H2,21,22,24,25). The molecule has 7 nitrogen and oxygen atoms in total. The number of nitrogens with one attached hydrogen (secondary N) is 2. The van der Waals surface area contributed by atoms with Gasteiger partial charge in [0.05, 0.1) is 0 Å². The molecule has 146 valence electrons. The lowest BCUT2D eigenvalue weighted by Gasteiger charge is -2.41. The number of imide groups is 1. The van der Waals surface area contributed by atoms with Gasteiger partial charge >= 0.3 is 12.1 Å². The molecule has 0 aliphatic carbocycles. The first kappa shape index (κ1) is 19.5. The molecule has 0 bridgehead atoms. The minimum atomic E-state index is -1.15. The number of nitrogens with zero attached hydrogens (tertiary/aromatic N) is 1. The molecule has 1 aromatic carbocycles. The maximum absolute atomic E-state index is 12.8. The number of benzene rings is 1. The highest BCUT2D eigenvalue weighted by molar-refractivity contribution is 6.30. The normalized spacial score (nSPS) is 23.8. The second-order valence-electron chi connectivity index (χ2n) is 7.96. The molecule has 1 atom stereocenters. The van der Waals surface area contributed by atoms with Crippen molar-refractivity contribution in [3.8, 4) is 0 Å². The van der Waals surface area contributed by atoms with Gasteiger partial charge < -0.3 is 15.0 Å². The number of likely N-dealkylation sites (tertiary alicyclic amines) is 1. The third kappa shape index (κ3) is 3.88. The number of carbonyl (C=O) groups is 3. The van der Waals surface area contributed by atoms with E-state index in [0.717, 1.165) is 0 Å². The second-order valence-corrected chi connectivity index (χ2v) is 8.40. The maximum atomic E-state index is 12.8. The van der Waals surface area contributed by atoms with E-state index < -0.39 is 17.2 Å². The molecule has 0 aromatic heterocycles. The highest BCUT2D eigenvalue weighted by atomic mass is 35.5. The third-order valence-electron chi connectivity index (χ3n) is 4.95.